The second-order valence-electron chi connectivity index (χ2n) is 5.85. The Bertz CT molecular complexity index is 991. The van der Waals surface area contributed by atoms with Gasteiger partial charge in [-0.2, -0.15) is 0 Å². The van der Waals surface area contributed by atoms with Crippen LogP contribution >= 0.6 is 15.9 Å². The molecule has 30 heavy (non-hydrogen) atoms. The van der Waals surface area contributed by atoms with Crippen LogP contribution in [0.15, 0.2) is 102 Å². The molecule has 0 radical (unpaired) electrons. The van der Waals surface area contributed by atoms with Crippen LogP contribution in [0, 0.1) is 11.6 Å². The van der Waals surface area contributed by atoms with Crippen molar-refractivity contribution in [2.75, 3.05) is 0 Å². The first kappa shape index (κ1) is 23.3. The predicted octanol–water partition coefficient (Wildman–Crippen LogP) is 4.24. The molecule has 152 valence electrons. The molecule has 0 aliphatic heterocycles. The highest BCUT2D eigenvalue weighted by atomic mass is 79.9. The van der Waals surface area contributed by atoms with Gasteiger partial charge in [-0.3, -0.25) is 9.97 Å². The topological polar surface area (TPSA) is 66.2 Å². The standard InChI is InChI=1S/C11H8FN.C6H6BFO2.C5H4BrN/c12-11-5-3-9(4-6-11)10-2-1-7-13-8-10;8-6-3-1-5(2-4-6)7(9)10;6-5-2-1-3-7-4-5/h1-8H;1-4,9-10H;1-4H. The van der Waals surface area contributed by atoms with Gasteiger partial charge >= 0.3 is 7.12 Å². The minimum absolute atomic E-state index is 0.215. The summed E-state index contributed by atoms with van der Waals surface area (Å²) in [4.78, 5) is 7.83. The zero-order valence-corrected chi connectivity index (χ0v) is 17.3. The van der Waals surface area contributed by atoms with Gasteiger partial charge in [0.2, 0.25) is 0 Å². The number of halogens is 3. The molecule has 0 aliphatic rings. The molecule has 2 aromatic heterocycles. The van der Waals surface area contributed by atoms with Crippen molar-refractivity contribution in [3.63, 3.8) is 0 Å². The van der Waals surface area contributed by atoms with Crippen molar-refractivity contribution in [3.8, 4) is 11.1 Å². The molecule has 0 saturated heterocycles. The van der Waals surface area contributed by atoms with E-state index < -0.39 is 7.12 Å². The highest BCUT2D eigenvalue weighted by Crippen LogP contribution is 2.17. The van der Waals surface area contributed by atoms with Crippen LogP contribution in [-0.2, 0) is 0 Å². The van der Waals surface area contributed by atoms with Crippen molar-refractivity contribution in [1.82, 2.24) is 9.97 Å². The van der Waals surface area contributed by atoms with Crippen molar-refractivity contribution in [3.05, 3.63) is 114 Å². The highest BCUT2D eigenvalue weighted by Gasteiger charge is 2.08. The first-order valence-electron chi connectivity index (χ1n) is 8.79. The molecule has 8 heteroatoms. The fourth-order valence-electron chi connectivity index (χ4n) is 2.15. The van der Waals surface area contributed by atoms with Crippen LogP contribution in [0.5, 0.6) is 0 Å². The molecule has 0 bridgehead atoms. The quantitative estimate of drug-likeness (QED) is 0.430. The van der Waals surface area contributed by atoms with E-state index in [-0.39, 0.29) is 11.6 Å². The molecule has 4 nitrogen and oxygen atoms in total. The van der Waals surface area contributed by atoms with Gasteiger partial charge < -0.3 is 10.0 Å². The van der Waals surface area contributed by atoms with E-state index in [0.29, 0.717) is 5.46 Å². The zero-order chi connectivity index (χ0) is 21.8. The summed E-state index contributed by atoms with van der Waals surface area (Å²) in [7, 11) is -1.51. The largest absolute Gasteiger partial charge is 0.488 e. The van der Waals surface area contributed by atoms with E-state index in [9.17, 15) is 8.78 Å². The molecule has 2 N–H and O–H groups in total. The summed E-state index contributed by atoms with van der Waals surface area (Å²) < 4.78 is 25.8. The summed E-state index contributed by atoms with van der Waals surface area (Å²) in [5.41, 5.74) is 2.28. The van der Waals surface area contributed by atoms with E-state index in [1.165, 1.54) is 36.4 Å². The van der Waals surface area contributed by atoms with Crippen molar-refractivity contribution < 1.29 is 18.8 Å². The Morgan fingerprint density at radius 2 is 1.20 bits per heavy atom. The average molecular weight is 471 g/mol. The second-order valence-corrected chi connectivity index (χ2v) is 6.76. The Morgan fingerprint density at radius 3 is 1.60 bits per heavy atom. The van der Waals surface area contributed by atoms with Gasteiger partial charge in [-0.15, -0.1) is 0 Å². The number of hydrogen-bond acceptors (Lipinski definition) is 4. The summed E-state index contributed by atoms with van der Waals surface area (Å²) >= 11 is 3.25. The number of hydrogen-bond donors (Lipinski definition) is 2. The van der Waals surface area contributed by atoms with Crippen LogP contribution in [0.4, 0.5) is 8.78 Å². The van der Waals surface area contributed by atoms with E-state index in [4.69, 9.17) is 10.0 Å². The predicted molar refractivity (Wildman–Crippen MR) is 118 cm³/mol. The van der Waals surface area contributed by atoms with Gasteiger partial charge in [-0.25, -0.2) is 8.78 Å². The fraction of sp³-hybridized carbons (Fsp3) is 0. The maximum Gasteiger partial charge on any atom is 0.488 e. The lowest BCUT2D eigenvalue weighted by Crippen LogP contribution is -2.29. The van der Waals surface area contributed by atoms with Gasteiger partial charge in [-0.1, -0.05) is 30.3 Å². The first-order chi connectivity index (χ1) is 14.5. The smallest absolute Gasteiger partial charge is 0.423 e. The molecule has 0 aliphatic carbocycles. The molecule has 0 spiro atoms. The van der Waals surface area contributed by atoms with E-state index in [2.05, 4.69) is 25.9 Å². The summed E-state index contributed by atoms with van der Waals surface area (Å²) in [5, 5.41) is 17.1. The Balaban J connectivity index is 0.000000168. The monoisotopic (exact) mass is 470 g/mol. The third kappa shape index (κ3) is 8.61. The van der Waals surface area contributed by atoms with Gasteiger partial charge in [-0.05, 0) is 75.0 Å². The van der Waals surface area contributed by atoms with Crippen molar-refractivity contribution >= 4 is 28.5 Å². The Labute approximate surface area is 182 Å². The molecule has 0 unspecified atom stereocenters. The van der Waals surface area contributed by atoms with Gasteiger partial charge in [0.05, 0.1) is 0 Å². The van der Waals surface area contributed by atoms with Crippen molar-refractivity contribution in [1.29, 1.82) is 0 Å². The summed E-state index contributed by atoms with van der Waals surface area (Å²) in [6, 6.07) is 19.0. The van der Waals surface area contributed by atoms with E-state index in [1.54, 1.807) is 36.9 Å². The lowest BCUT2D eigenvalue weighted by Gasteiger charge is -1.98. The van der Waals surface area contributed by atoms with Gasteiger partial charge in [0.15, 0.2) is 0 Å². The summed E-state index contributed by atoms with van der Waals surface area (Å²) in [5.74, 6) is -0.600. The molecule has 0 amide bonds. The van der Waals surface area contributed by atoms with Crippen LogP contribution in [0.2, 0.25) is 0 Å². The first-order valence-corrected chi connectivity index (χ1v) is 9.58. The second kappa shape index (κ2) is 12.6. The minimum atomic E-state index is -1.51. The van der Waals surface area contributed by atoms with Crippen LogP contribution in [0.1, 0.15) is 0 Å². The number of pyridine rings is 2. The Hall–Kier alpha value is -2.94. The number of nitrogens with zero attached hydrogens (tertiary/aromatic N) is 2. The van der Waals surface area contributed by atoms with Gasteiger partial charge in [0.25, 0.3) is 0 Å². The molecular formula is C22H18BBrF2N2O2. The Morgan fingerprint density at radius 1 is 0.667 bits per heavy atom. The van der Waals surface area contributed by atoms with Crippen LogP contribution in [0.3, 0.4) is 0 Å². The average Bonchev–Trinajstić information content (AvgIpc) is 2.77. The minimum Gasteiger partial charge on any atom is -0.423 e. The van der Waals surface area contributed by atoms with E-state index in [0.717, 1.165) is 15.6 Å². The SMILES string of the molecule is Brc1cccnc1.Fc1ccc(-c2cccnc2)cc1.OB(O)c1ccc(F)cc1. The fourth-order valence-corrected chi connectivity index (χ4v) is 2.42. The molecule has 2 aromatic carbocycles. The number of rotatable bonds is 2. The third-order valence-corrected chi connectivity index (χ3v) is 4.10. The third-order valence-electron chi connectivity index (χ3n) is 3.63. The normalized spacial score (nSPS) is 9.50. The molecule has 4 rings (SSSR count). The lowest BCUT2D eigenvalue weighted by atomic mass is 9.80. The Kier molecular flexibility index (Phi) is 9.80. The molecule has 0 atom stereocenters. The number of benzene rings is 2. The molecule has 2 heterocycles. The molecule has 0 saturated carbocycles. The van der Waals surface area contributed by atoms with Crippen LogP contribution in [0.25, 0.3) is 11.1 Å². The van der Waals surface area contributed by atoms with Gasteiger partial charge in [0.1, 0.15) is 11.6 Å². The summed E-state index contributed by atoms with van der Waals surface area (Å²) in [6.07, 6.45) is 6.96. The van der Waals surface area contributed by atoms with E-state index in [1.807, 2.05) is 24.3 Å². The maximum absolute atomic E-state index is 12.6. The maximum atomic E-state index is 12.6. The highest BCUT2D eigenvalue weighted by molar-refractivity contribution is 9.10. The van der Waals surface area contributed by atoms with Gasteiger partial charge in [0, 0.05) is 29.3 Å². The number of aromatic nitrogens is 2. The molecule has 0 fully saturated rings. The van der Waals surface area contributed by atoms with Crippen LogP contribution in [-0.4, -0.2) is 27.1 Å². The molecular weight excluding hydrogens is 453 g/mol. The lowest BCUT2D eigenvalue weighted by molar-refractivity contribution is 0.425. The van der Waals surface area contributed by atoms with Crippen molar-refractivity contribution in [2.45, 2.75) is 0 Å². The molecule has 4 aromatic rings. The van der Waals surface area contributed by atoms with Crippen LogP contribution < -0.4 is 5.46 Å². The summed E-state index contributed by atoms with van der Waals surface area (Å²) in [6.45, 7) is 0. The van der Waals surface area contributed by atoms with Crippen molar-refractivity contribution in [2.24, 2.45) is 0 Å². The zero-order valence-electron chi connectivity index (χ0n) is 15.7. The van der Waals surface area contributed by atoms with E-state index >= 15 is 0 Å².